The summed E-state index contributed by atoms with van der Waals surface area (Å²) in [5.74, 6) is -0.266. The highest BCUT2D eigenvalue weighted by molar-refractivity contribution is 9.10. The van der Waals surface area contributed by atoms with E-state index in [0.717, 1.165) is 11.4 Å². The van der Waals surface area contributed by atoms with Crippen molar-refractivity contribution in [2.24, 2.45) is 0 Å². The Balaban J connectivity index is 1.96. The lowest BCUT2D eigenvalue weighted by Crippen LogP contribution is -2.32. The summed E-state index contributed by atoms with van der Waals surface area (Å²) in [4.78, 5) is 22.7. The number of alkyl halides is 1. The van der Waals surface area contributed by atoms with Crippen molar-refractivity contribution in [1.82, 2.24) is 14.9 Å². The highest BCUT2D eigenvalue weighted by atomic mass is 79.9. The molecule has 0 radical (unpaired) electrons. The van der Waals surface area contributed by atoms with Crippen LogP contribution in [0.15, 0.2) is 48.8 Å². The lowest BCUT2D eigenvalue weighted by molar-refractivity contribution is -0.145. The monoisotopic (exact) mass is 391 g/mol. The van der Waals surface area contributed by atoms with E-state index in [2.05, 4.69) is 30.8 Å². The number of rotatable bonds is 8. The molecule has 0 aliphatic carbocycles. The minimum Gasteiger partial charge on any atom is -0.463 e. The Hall–Kier alpha value is -1.79. The largest absolute Gasteiger partial charge is 0.463 e. The summed E-state index contributed by atoms with van der Waals surface area (Å²) in [6.45, 7) is 5.83. The average molecular weight is 392 g/mol. The highest BCUT2D eigenvalue weighted by Gasteiger charge is 2.25. The Morgan fingerprint density at radius 2 is 1.62 bits per heavy atom. The predicted molar refractivity (Wildman–Crippen MR) is 96.6 cm³/mol. The Labute approximate surface area is 151 Å². The van der Waals surface area contributed by atoms with Gasteiger partial charge in [-0.2, -0.15) is 0 Å². The third-order valence-corrected chi connectivity index (χ3v) is 3.67. The molecule has 0 saturated carbocycles. The van der Waals surface area contributed by atoms with Crippen LogP contribution in [0.3, 0.4) is 0 Å². The van der Waals surface area contributed by atoms with Gasteiger partial charge in [-0.15, -0.1) is 0 Å². The zero-order valence-electron chi connectivity index (χ0n) is 14.0. The molecule has 0 aromatic carbocycles. The second-order valence-corrected chi connectivity index (χ2v) is 7.94. The van der Waals surface area contributed by atoms with Crippen LogP contribution in [0, 0.1) is 0 Å². The number of carbonyl (C=O) groups is 1. The first-order valence-electron chi connectivity index (χ1n) is 7.83. The summed E-state index contributed by atoms with van der Waals surface area (Å²) in [7, 11) is 0. The molecular formula is C18H22BrN3O2. The lowest BCUT2D eigenvalue weighted by atomic mass is 10.2. The highest BCUT2D eigenvalue weighted by Crippen LogP contribution is 2.17. The van der Waals surface area contributed by atoms with E-state index in [0.29, 0.717) is 26.2 Å². The van der Waals surface area contributed by atoms with Crippen molar-refractivity contribution < 1.29 is 9.53 Å². The number of hydrogen-bond acceptors (Lipinski definition) is 5. The van der Waals surface area contributed by atoms with Gasteiger partial charge in [-0.1, -0.05) is 28.1 Å². The average Bonchev–Trinajstić information content (AvgIpc) is 2.55. The summed E-state index contributed by atoms with van der Waals surface area (Å²) in [5, 5.41) is 0. The van der Waals surface area contributed by atoms with Crippen LogP contribution >= 0.6 is 15.9 Å². The fraction of sp³-hybridized carbons (Fsp3) is 0.389. The van der Waals surface area contributed by atoms with Gasteiger partial charge in [-0.05, 0) is 38.1 Å². The Morgan fingerprint density at radius 3 is 2.04 bits per heavy atom. The third kappa shape index (κ3) is 6.37. The van der Waals surface area contributed by atoms with Crippen molar-refractivity contribution in [2.45, 2.75) is 31.3 Å². The summed E-state index contributed by atoms with van der Waals surface area (Å²) in [6, 6.07) is 11.7. The molecule has 0 aliphatic heterocycles. The zero-order chi connectivity index (χ0) is 17.4. The maximum absolute atomic E-state index is 11.9. The first-order chi connectivity index (χ1) is 11.4. The van der Waals surface area contributed by atoms with E-state index in [-0.39, 0.29) is 5.97 Å². The molecule has 0 atom stereocenters. The van der Waals surface area contributed by atoms with Gasteiger partial charge in [0, 0.05) is 32.0 Å². The minimum atomic E-state index is -0.667. The molecule has 2 aromatic rings. The number of hydrogen-bond donors (Lipinski definition) is 0. The van der Waals surface area contributed by atoms with E-state index in [1.807, 2.05) is 36.4 Å². The molecule has 24 heavy (non-hydrogen) atoms. The Bertz CT molecular complexity index is 588. The molecule has 0 spiro atoms. The quantitative estimate of drug-likeness (QED) is 0.510. The third-order valence-electron chi connectivity index (χ3n) is 3.35. The number of nitrogens with zero attached hydrogens (tertiary/aromatic N) is 3. The molecule has 128 valence electrons. The summed E-state index contributed by atoms with van der Waals surface area (Å²) >= 11 is 3.31. The number of halogens is 1. The first kappa shape index (κ1) is 18.5. The fourth-order valence-corrected chi connectivity index (χ4v) is 2.21. The van der Waals surface area contributed by atoms with Gasteiger partial charge >= 0.3 is 5.97 Å². The van der Waals surface area contributed by atoms with Crippen LogP contribution < -0.4 is 0 Å². The number of esters is 1. The van der Waals surface area contributed by atoms with Gasteiger partial charge in [0.2, 0.25) is 0 Å². The second kappa shape index (κ2) is 8.89. The van der Waals surface area contributed by atoms with E-state index in [9.17, 15) is 4.79 Å². The molecule has 6 heteroatoms. The van der Waals surface area contributed by atoms with Gasteiger partial charge in [0.05, 0.1) is 11.4 Å². The maximum atomic E-state index is 11.9. The molecule has 0 aliphatic rings. The van der Waals surface area contributed by atoms with Crippen LogP contribution in [0.2, 0.25) is 0 Å². The molecule has 0 N–H and O–H groups in total. The summed E-state index contributed by atoms with van der Waals surface area (Å²) in [6.07, 6.45) is 3.56. The molecule has 0 bridgehead atoms. The zero-order valence-corrected chi connectivity index (χ0v) is 15.6. The molecule has 0 unspecified atom stereocenters. The standard InChI is InChI=1S/C18H22BrN3O2/c1-18(2,19)17(23)24-12-11-22(13-15-7-3-5-9-20-15)14-16-8-4-6-10-21-16/h3-10H,11-14H2,1-2H3. The van der Waals surface area contributed by atoms with Gasteiger partial charge in [0.25, 0.3) is 0 Å². The predicted octanol–water partition coefficient (Wildman–Crippen LogP) is 3.20. The number of pyridine rings is 2. The van der Waals surface area contributed by atoms with Crippen LogP contribution in [0.5, 0.6) is 0 Å². The van der Waals surface area contributed by atoms with Crippen molar-refractivity contribution in [1.29, 1.82) is 0 Å². The molecule has 0 amide bonds. The maximum Gasteiger partial charge on any atom is 0.322 e. The van der Waals surface area contributed by atoms with Crippen LogP contribution in [-0.2, 0) is 22.6 Å². The van der Waals surface area contributed by atoms with Gasteiger partial charge in [-0.3, -0.25) is 19.7 Å². The van der Waals surface area contributed by atoms with Gasteiger partial charge in [0.15, 0.2) is 0 Å². The van der Waals surface area contributed by atoms with Crippen molar-refractivity contribution in [3.05, 3.63) is 60.2 Å². The Kier molecular flexibility index (Phi) is 6.87. The Morgan fingerprint density at radius 1 is 1.08 bits per heavy atom. The van der Waals surface area contributed by atoms with Crippen LogP contribution in [0.1, 0.15) is 25.2 Å². The van der Waals surface area contributed by atoms with Crippen molar-refractivity contribution in [2.75, 3.05) is 13.2 Å². The topological polar surface area (TPSA) is 55.3 Å². The van der Waals surface area contributed by atoms with E-state index in [1.54, 1.807) is 26.2 Å². The van der Waals surface area contributed by atoms with Gasteiger partial charge in [-0.25, -0.2) is 0 Å². The van der Waals surface area contributed by atoms with Crippen LogP contribution in [0.4, 0.5) is 0 Å². The molecule has 2 aromatic heterocycles. The molecular weight excluding hydrogens is 370 g/mol. The van der Waals surface area contributed by atoms with E-state index in [1.165, 1.54) is 0 Å². The lowest BCUT2D eigenvalue weighted by Gasteiger charge is -2.22. The van der Waals surface area contributed by atoms with E-state index >= 15 is 0 Å². The molecule has 0 saturated heterocycles. The molecule has 2 rings (SSSR count). The SMILES string of the molecule is CC(C)(Br)C(=O)OCCN(Cc1ccccn1)Cc1ccccn1. The number of ether oxygens (including phenoxy) is 1. The summed E-state index contributed by atoms with van der Waals surface area (Å²) in [5.41, 5.74) is 1.95. The van der Waals surface area contributed by atoms with Crippen molar-refractivity contribution in [3.8, 4) is 0 Å². The second-order valence-electron chi connectivity index (χ2n) is 5.96. The number of carbonyl (C=O) groups excluding carboxylic acids is 1. The number of aromatic nitrogens is 2. The molecule has 0 fully saturated rings. The van der Waals surface area contributed by atoms with Crippen molar-refractivity contribution >= 4 is 21.9 Å². The van der Waals surface area contributed by atoms with Gasteiger partial charge < -0.3 is 4.74 Å². The molecule has 5 nitrogen and oxygen atoms in total. The van der Waals surface area contributed by atoms with E-state index < -0.39 is 4.32 Å². The van der Waals surface area contributed by atoms with Crippen LogP contribution in [0.25, 0.3) is 0 Å². The fourth-order valence-electron chi connectivity index (χ4n) is 2.09. The summed E-state index contributed by atoms with van der Waals surface area (Å²) < 4.78 is 4.68. The van der Waals surface area contributed by atoms with Gasteiger partial charge in [0.1, 0.15) is 10.9 Å². The smallest absolute Gasteiger partial charge is 0.322 e. The van der Waals surface area contributed by atoms with E-state index in [4.69, 9.17) is 4.74 Å². The first-order valence-corrected chi connectivity index (χ1v) is 8.63. The normalized spacial score (nSPS) is 11.5. The molecule has 2 heterocycles. The minimum absolute atomic E-state index is 0.266. The van der Waals surface area contributed by atoms with Crippen LogP contribution in [-0.4, -0.2) is 38.3 Å². The van der Waals surface area contributed by atoms with Crippen molar-refractivity contribution in [3.63, 3.8) is 0 Å².